The van der Waals surface area contributed by atoms with E-state index in [9.17, 15) is 4.79 Å². The van der Waals surface area contributed by atoms with Gasteiger partial charge in [-0.25, -0.2) is 4.79 Å². The number of carbonyl (C=O) groups is 1. The van der Waals surface area contributed by atoms with Crippen LogP contribution >= 0.6 is 0 Å². The van der Waals surface area contributed by atoms with Crippen molar-refractivity contribution in [2.24, 2.45) is 0 Å². The highest BCUT2D eigenvalue weighted by atomic mass is 16.5. The first-order valence-corrected chi connectivity index (χ1v) is 7.39. The molecule has 1 aromatic rings. The minimum absolute atomic E-state index is 0.0140. The number of nitrogens with one attached hydrogen (secondary N) is 1. The molecule has 0 aromatic heterocycles. The van der Waals surface area contributed by atoms with Crippen molar-refractivity contribution in [3.63, 3.8) is 0 Å². The van der Waals surface area contributed by atoms with Crippen molar-refractivity contribution in [2.75, 3.05) is 26.7 Å². The van der Waals surface area contributed by atoms with E-state index in [1.807, 2.05) is 43.0 Å². The van der Waals surface area contributed by atoms with Crippen molar-refractivity contribution in [2.45, 2.75) is 32.5 Å². The van der Waals surface area contributed by atoms with Crippen molar-refractivity contribution in [3.05, 3.63) is 29.8 Å². The van der Waals surface area contributed by atoms with Gasteiger partial charge in [-0.3, -0.25) is 0 Å². The Kier molecular flexibility index (Phi) is 5.44. The molecule has 2 amide bonds. The fourth-order valence-electron chi connectivity index (χ4n) is 2.60. The predicted octanol–water partition coefficient (Wildman–Crippen LogP) is 2.06. The van der Waals surface area contributed by atoms with Crippen LogP contribution in [-0.2, 0) is 11.2 Å². The zero-order valence-corrected chi connectivity index (χ0v) is 13.0. The molecule has 0 radical (unpaired) electrons. The third-order valence-electron chi connectivity index (χ3n) is 3.53. The van der Waals surface area contributed by atoms with Crippen LogP contribution in [0.1, 0.15) is 19.4 Å². The minimum atomic E-state index is -0.0140. The highest BCUT2D eigenvalue weighted by Gasteiger charge is 2.25. The molecule has 0 saturated carbocycles. The van der Waals surface area contributed by atoms with E-state index in [1.165, 1.54) is 0 Å². The lowest BCUT2D eigenvalue weighted by Crippen LogP contribution is -2.51. The summed E-state index contributed by atoms with van der Waals surface area (Å²) in [5, 5.41) is 2.97. The van der Waals surface area contributed by atoms with E-state index in [0.29, 0.717) is 19.6 Å². The molecule has 0 bridgehead atoms. The fourth-order valence-corrected chi connectivity index (χ4v) is 2.60. The quantitative estimate of drug-likeness (QED) is 0.924. The first kappa shape index (κ1) is 15.6. The summed E-state index contributed by atoms with van der Waals surface area (Å²) in [6, 6.07) is 7.89. The molecule has 1 aliphatic heterocycles. The first-order valence-electron chi connectivity index (χ1n) is 7.39. The Bertz CT molecular complexity index is 468. The van der Waals surface area contributed by atoms with Crippen LogP contribution < -0.4 is 10.1 Å². The summed E-state index contributed by atoms with van der Waals surface area (Å²) in [5.41, 5.74) is 1.15. The van der Waals surface area contributed by atoms with Crippen LogP contribution in [0.4, 0.5) is 4.79 Å². The van der Waals surface area contributed by atoms with E-state index < -0.39 is 0 Å². The van der Waals surface area contributed by atoms with Crippen molar-refractivity contribution in [1.82, 2.24) is 10.2 Å². The van der Waals surface area contributed by atoms with E-state index in [2.05, 4.69) is 5.32 Å². The van der Waals surface area contributed by atoms with Gasteiger partial charge in [0.1, 0.15) is 5.75 Å². The molecule has 1 fully saturated rings. The highest BCUT2D eigenvalue weighted by molar-refractivity contribution is 5.74. The van der Waals surface area contributed by atoms with Crippen LogP contribution in [0.25, 0.3) is 0 Å². The van der Waals surface area contributed by atoms with Gasteiger partial charge in [-0.05, 0) is 38.0 Å². The number of morpholine rings is 1. The molecule has 1 N–H and O–H groups in total. The number of benzene rings is 1. The summed E-state index contributed by atoms with van der Waals surface area (Å²) in [6.07, 6.45) is 0.981. The molecule has 5 nitrogen and oxygen atoms in total. The molecule has 5 heteroatoms. The number of urea groups is 1. The van der Waals surface area contributed by atoms with E-state index >= 15 is 0 Å². The van der Waals surface area contributed by atoms with Crippen LogP contribution in [-0.4, -0.2) is 49.9 Å². The lowest BCUT2D eigenvalue weighted by molar-refractivity contribution is -0.0544. The monoisotopic (exact) mass is 292 g/mol. The Morgan fingerprint density at radius 2 is 2.10 bits per heavy atom. The molecule has 2 rings (SSSR count). The molecular formula is C16H24N2O3. The molecular weight excluding hydrogens is 268 g/mol. The predicted molar refractivity (Wildman–Crippen MR) is 81.7 cm³/mol. The summed E-state index contributed by atoms with van der Waals surface area (Å²) < 4.78 is 10.8. The van der Waals surface area contributed by atoms with E-state index in [-0.39, 0.29) is 18.2 Å². The van der Waals surface area contributed by atoms with Gasteiger partial charge >= 0.3 is 6.03 Å². The van der Waals surface area contributed by atoms with Crippen LogP contribution in [0.2, 0.25) is 0 Å². The summed E-state index contributed by atoms with van der Waals surface area (Å²) >= 11 is 0. The van der Waals surface area contributed by atoms with Crippen LogP contribution in [0.15, 0.2) is 24.3 Å². The minimum Gasteiger partial charge on any atom is -0.497 e. The second-order valence-electron chi connectivity index (χ2n) is 5.50. The normalized spacial score (nSPS) is 22.0. The van der Waals surface area contributed by atoms with Crippen molar-refractivity contribution in [3.8, 4) is 5.75 Å². The summed E-state index contributed by atoms with van der Waals surface area (Å²) in [4.78, 5) is 14.0. The molecule has 1 aromatic carbocycles. The summed E-state index contributed by atoms with van der Waals surface area (Å²) in [5.74, 6) is 0.842. The Hall–Kier alpha value is -1.75. The molecule has 0 spiro atoms. The SMILES string of the molecule is COc1cccc(CCNC(=O)N2CC(C)OC(C)C2)c1. The molecule has 0 aliphatic carbocycles. The lowest BCUT2D eigenvalue weighted by atomic mass is 10.1. The van der Waals surface area contributed by atoms with Gasteiger partial charge in [-0.15, -0.1) is 0 Å². The molecule has 2 unspecified atom stereocenters. The van der Waals surface area contributed by atoms with Gasteiger partial charge in [-0.2, -0.15) is 0 Å². The second kappa shape index (κ2) is 7.31. The number of ether oxygens (including phenoxy) is 2. The van der Waals surface area contributed by atoms with Crippen LogP contribution in [0.5, 0.6) is 5.75 Å². The maximum Gasteiger partial charge on any atom is 0.317 e. The standard InChI is InChI=1S/C16H24N2O3/c1-12-10-18(11-13(2)21-12)16(19)17-8-7-14-5-4-6-15(9-14)20-3/h4-6,9,12-13H,7-8,10-11H2,1-3H3,(H,17,19). The summed E-state index contributed by atoms with van der Waals surface area (Å²) in [6.45, 7) is 5.90. The van der Waals surface area contributed by atoms with Gasteiger partial charge < -0.3 is 19.7 Å². The maximum absolute atomic E-state index is 12.1. The maximum atomic E-state index is 12.1. The van der Waals surface area contributed by atoms with E-state index in [1.54, 1.807) is 7.11 Å². The average molecular weight is 292 g/mol. The van der Waals surface area contributed by atoms with Gasteiger partial charge in [0.2, 0.25) is 0 Å². The molecule has 1 heterocycles. The van der Waals surface area contributed by atoms with Crippen molar-refractivity contribution < 1.29 is 14.3 Å². The van der Waals surface area contributed by atoms with Gasteiger partial charge in [0, 0.05) is 19.6 Å². The number of rotatable bonds is 4. The zero-order valence-electron chi connectivity index (χ0n) is 13.0. The third kappa shape index (κ3) is 4.63. The number of amides is 2. The second-order valence-corrected chi connectivity index (χ2v) is 5.50. The van der Waals surface area contributed by atoms with Crippen molar-refractivity contribution in [1.29, 1.82) is 0 Å². The molecule has 1 saturated heterocycles. The van der Waals surface area contributed by atoms with E-state index in [4.69, 9.17) is 9.47 Å². The smallest absolute Gasteiger partial charge is 0.317 e. The van der Waals surface area contributed by atoms with Crippen LogP contribution in [0.3, 0.4) is 0 Å². The van der Waals surface area contributed by atoms with E-state index in [0.717, 1.165) is 17.7 Å². The van der Waals surface area contributed by atoms with Crippen LogP contribution in [0, 0.1) is 0 Å². The number of carbonyl (C=O) groups excluding carboxylic acids is 1. The molecule has 2 atom stereocenters. The zero-order chi connectivity index (χ0) is 15.2. The largest absolute Gasteiger partial charge is 0.497 e. The lowest BCUT2D eigenvalue weighted by Gasteiger charge is -2.35. The molecule has 21 heavy (non-hydrogen) atoms. The van der Waals surface area contributed by atoms with Gasteiger partial charge in [0.15, 0.2) is 0 Å². The van der Waals surface area contributed by atoms with Gasteiger partial charge in [0.05, 0.1) is 19.3 Å². The molecule has 116 valence electrons. The van der Waals surface area contributed by atoms with Gasteiger partial charge in [0.25, 0.3) is 0 Å². The number of hydrogen-bond acceptors (Lipinski definition) is 3. The Balaban J connectivity index is 1.78. The Labute approximate surface area is 126 Å². The highest BCUT2D eigenvalue weighted by Crippen LogP contribution is 2.13. The number of hydrogen-bond donors (Lipinski definition) is 1. The number of nitrogens with zero attached hydrogens (tertiary/aromatic N) is 1. The topological polar surface area (TPSA) is 50.8 Å². The first-order chi connectivity index (χ1) is 10.1. The average Bonchev–Trinajstić information content (AvgIpc) is 2.46. The Morgan fingerprint density at radius 3 is 2.76 bits per heavy atom. The third-order valence-corrected chi connectivity index (χ3v) is 3.53. The fraction of sp³-hybridized carbons (Fsp3) is 0.562. The van der Waals surface area contributed by atoms with Gasteiger partial charge in [-0.1, -0.05) is 12.1 Å². The Morgan fingerprint density at radius 1 is 1.38 bits per heavy atom. The summed E-state index contributed by atoms with van der Waals surface area (Å²) in [7, 11) is 1.65. The molecule has 1 aliphatic rings. The number of methoxy groups -OCH3 is 1. The van der Waals surface area contributed by atoms with Crippen molar-refractivity contribution >= 4 is 6.03 Å².